The van der Waals surface area contributed by atoms with Crippen LogP contribution in [0.4, 0.5) is 0 Å². The molecular weight excluding hydrogens is 548 g/mol. The summed E-state index contributed by atoms with van der Waals surface area (Å²) in [6.07, 6.45) is 10.7. The van der Waals surface area contributed by atoms with E-state index in [-0.39, 0.29) is 14.9 Å². The number of hydrogen-bond acceptors (Lipinski definition) is 2. The Hall–Kier alpha value is -4.13. The topological polar surface area (TPSA) is 74.6 Å². The second-order valence-electron chi connectivity index (χ2n) is 7.69. The smallest absolute Gasteiger partial charge is 0.0253 e. The van der Waals surface area contributed by atoms with Crippen molar-refractivity contribution in [3.05, 3.63) is 134 Å². The summed E-state index contributed by atoms with van der Waals surface area (Å²) in [4.78, 5) is 18.3. The van der Waals surface area contributed by atoms with Gasteiger partial charge in [0.05, 0.1) is 0 Å². The van der Waals surface area contributed by atoms with Gasteiger partial charge >= 0.3 is 38.7 Å². The Balaban J connectivity index is 0.000000533. The predicted molar refractivity (Wildman–Crippen MR) is 161 cm³/mol. The third-order valence-electron chi connectivity index (χ3n) is 5.48. The summed E-state index contributed by atoms with van der Waals surface area (Å²) in [5.41, 5.74) is 11.0. The van der Waals surface area contributed by atoms with E-state index in [0.29, 0.717) is 0 Å². The largest absolute Gasteiger partial charge is 0.179 e. The molecule has 0 aromatic heterocycles. The first kappa shape index (κ1) is 35.9. The van der Waals surface area contributed by atoms with E-state index in [1.165, 1.54) is 56.3 Å². The van der Waals surface area contributed by atoms with Crippen molar-refractivity contribution in [3.8, 4) is 46.9 Å². The fourth-order valence-corrected chi connectivity index (χ4v) is 4.00. The van der Waals surface area contributed by atoms with Crippen molar-refractivity contribution in [2.24, 2.45) is 0 Å². The van der Waals surface area contributed by atoms with Crippen molar-refractivity contribution in [3.63, 3.8) is 0 Å². The quantitative estimate of drug-likeness (QED) is 0.142. The molecule has 0 saturated carbocycles. The van der Waals surface area contributed by atoms with Gasteiger partial charge in [-0.25, -0.2) is 9.59 Å². The standard InChI is InChI=1S/2C13H9.2C3H2O2.2CH3.H2Si.Ti/c2*1-3-7-12-10(5-1)9-11-6-2-4-8-13(11)12;2*1-2-3(4)5;;;;/h2*1-5,7-8H,9H2;2*1H,(H,4,5);2*1H3;1H2;/q2*-1;;;2*-1;;. The maximum Gasteiger partial charge on any atom is -0.0253 e. The molecule has 0 atom stereocenters. The average molecular weight is 579 g/mol. The molecule has 6 rings (SSSR count). The Kier molecular flexibility index (Phi) is 17.1. The Bertz CT molecular complexity index is 1300. The van der Waals surface area contributed by atoms with Gasteiger partial charge in [0, 0.05) is 11.8 Å². The summed E-state index contributed by atoms with van der Waals surface area (Å²) in [5, 5.41) is 15.0. The first-order chi connectivity index (χ1) is 18.4. The molecule has 2 aliphatic rings. The molecule has 4 aromatic carbocycles. The van der Waals surface area contributed by atoms with Crippen LogP contribution in [0, 0.1) is 51.7 Å². The molecule has 0 unspecified atom stereocenters. The van der Waals surface area contributed by atoms with E-state index in [0.717, 1.165) is 12.8 Å². The van der Waals surface area contributed by atoms with Crippen LogP contribution >= 0.6 is 0 Å². The summed E-state index contributed by atoms with van der Waals surface area (Å²) in [6.45, 7) is 0. The fourth-order valence-electron chi connectivity index (χ4n) is 4.00. The summed E-state index contributed by atoms with van der Waals surface area (Å²) in [5.74, 6) is 0.454. The Labute approximate surface area is 251 Å². The van der Waals surface area contributed by atoms with Gasteiger partial charge in [-0.1, -0.05) is 70.8 Å². The van der Waals surface area contributed by atoms with Crippen LogP contribution in [0.5, 0.6) is 0 Å². The van der Waals surface area contributed by atoms with Crippen molar-refractivity contribution >= 4 is 19.6 Å². The van der Waals surface area contributed by atoms with Gasteiger partial charge in [-0.05, 0) is 12.8 Å². The molecule has 0 spiro atoms. The van der Waals surface area contributed by atoms with Crippen LogP contribution in [-0.4, -0.2) is 29.8 Å². The van der Waals surface area contributed by atoms with Crippen LogP contribution in [-0.2, 0) is 41.6 Å². The molecule has 40 heavy (non-hydrogen) atoms. The molecule has 6 heteroatoms. The molecule has 0 radical (unpaired) electrons. The predicted octanol–water partition coefficient (Wildman–Crippen LogP) is 5.51. The fraction of sp³-hybridized carbons (Fsp3) is 0.0588. The van der Waals surface area contributed by atoms with E-state index in [1.54, 1.807) is 0 Å². The van der Waals surface area contributed by atoms with Gasteiger partial charge in [-0.15, -0.1) is 24.0 Å². The summed E-state index contributed by atoms with van der Waals surface area (Å²) >= 11 is 2.03. The number of rotatable bonds is 0. The van der Waals surface area contributed by atoms with E-state index < -0.39 is 11.9 Å². The molecule has 0 aliphatic heterocycles. The molecule has 0 amide bonds. The Morgan fingerprint density at radius 1 is 0.650 bits per heavy atom. The number of terminal acetylenes is 2. The second kappa shape index (κ2) is 19.0. The SMILES string of the molecule is C#CC(=O)O.C#CC(=O)O.[CH3-].[CH3-].[SiH2]=[Ti].[c-]1cccc2c1Cc1ccccc1-2.[c-]1cccc2c1Cc1ccccc1-2. The van der Waals surface area contributed by atoms with Crippen LogP contribution < -0.4 is 0 Å². The van der Waals surface area contributed by atoms with Gasteiger partial charge in [-0.2, -0.15) is 59.7 Å². The zero-order valence-electron chi connectivity index (χ0n) is 22.6. The third-order valence-corrected chi connectivity index (χ3v) is 5.48. The molecule has 2 N–H and O–H groups in total. The third kappa shape index (κ3) is 10.2. The van der Waals surface area contributed by atoms with E-state index in [9.17, 15) is 0 Å². The molecule has 4 aromatic rings. The monoisotopic (exact) mass is 578 g/mol. The van der Waals surface area contributed by atoms with Crippen molar-refractivity contribution in [2.75, 3.05) is 0 Å². The minimum atomic E-state index is -1.22. The van der Waals surface area contributed by atoms with Gasteiger partial charge in [0.2, 0.25) is 0 Å². The normalized spacial score (nSPS) is 9.43. The molecule has 0 saturated heterocycles. The van der Waals surface area contributed by atoms with Gasteiger partial charge in [-0.3, -0.25) is 0 Å². The second-order valence-corrected chi connectivity index (χ2v) is 7.69. The summed E-state index contributed by atoms with van der Waals surface area (Å²) in [6, 6.07) is 36.2. The minimum Gasteiger partial charge on any atom is -0.179 e. The van der Waals surface area contributed by atoms with E-state index in [4.69, 9.17) is 19.8 Å². The van der Waals surface area contributed by atoms with Gasteiger partial charge in [0.25, 0.3) is 0 Å². The van der Waals surface area contributed by atoms with Crippen molar-refractivity contribution < 1.29 is 39.0 Å². The van der Waals surface area contributed by atoms with Crippen molar-refractivity contribution in [2.45, 2.75) is 12.8 Å². The van der Waals surface area contributed by atoms with Gasteiger partial charge in [0.1, 0.15) is 0 Å². The van der Waals surface area contributed by atoms with Crippen LogP contribution in [0.15, 0.2) is 84.9 Å². The number of benzene rings is 4. The number of carboxylic acid groups (broad SMARTS) is 2. The molecular formula is C34H30O4SiTi-4. The van der Waals surface area contributed by atoms with Gasteiger partial charge in [0.15, 0.2) is 0 Å². The zero-order chi connectivity index (χ0) is 27.9. The number of hydrogen-bond donors (Lipinski definition) is 2. The van der Waals surface area contributed by atoms with Crippen molar-refractivity contribution in [1.29, 1.82) is 0 Å². The number of aliphatic carboxylic acids is 2. The first-order valence-corrected chi connectivity index (χ1v) is 15.4. The Morgan fingerprint density at radius 3 is 1.27 bits per heavy atom. The minimum absolute atomic E-state index is 0. The first-order valence-electron chi connectivity index (χ1n) is 11.3. The number of carbonyl (C=O) groups is 2. The maximum atomic E-state index is 9.13. The number of carboxylic acids is 2. The van der Waals surface area contributed by atoms with Crippen LogP contribution in [0.1, 0.15) is 22.3 Å². The Morgan fingerprint density at radius 2 is 0.950 bits per heavy atom. The molecule has 0 fully saturated rings. The molecule has 0 bridgehead atoms. The zero-order valence-corrected chi connectivity index (χ0v) is 25.5. The summed E-state index contributed by atoms with van der Waals surface area (Å²) < 4.78 is 0. The molecule has 2 aliphatic carbocycles. The van der Waals surface area contributed by atoms with Crippen molar-refractivity contribution in [1.82, 2.24) is 0 Å². The van der Waals surface area contributed by atoms with E-state index in [1.807, 2.05) is 38.9 Å². The maximum absolute atomic E-state index is 9.13. The number of fused-ring (bicyclic) bond motifs is 6. The average Bonchev–Trinajstić information content (AvgIpc) is 3.53. The molecule has 0 heterocycles. The molecule has 202 valence electrons. The summed E-state index contributed by atoms with van der Waals surface area (Å²) in [7, 11) is 1.86. The van der Waals surface area contributed by atoms with Crippen LogP contribution in [0.2, 0.25) is 0 Å². The van der Waals surface area contributed by atoms with Crippen LogP contribution in [0.3, 0.4) is 0 Å². The molecule has 4 nitrogen and oxygen atoms in total. The van der Waals surface area contributed by atoms with Gasteiger partial charge < -0.3 is 25.1 Å². The van der Waals surface area contributed by atoms with E-state index >= 15 is 0 Å². The van der Waals surface area contributed by atoms with Crippen LogP contribution in [0.25, 0.3) is 22.3 Å². The van der Waals surface area contributed by atoms with E-state index in [2.05, 4.69) is 97.8 Å².